The summed E-state index contributed by atoms with van der Waals surface area (Å²) in [6, 6.07) is 10.0. The fourth-order valence-electron chi connectivity index (χ4n) is 5.85. The van der Waals surface area contributed by atoms with Gasteiger partial charge in [-0.2, -0.15) is 0 Å². The number of carbonyl (C=O) groups is 3. The van der Waals surface area contributed by atoms with Gasteiger partial charge in [0.15, 0.2) is 12.6 Å². The number of methoxy groups -OCH3 is 3. The fourth-order valence-corrected chi connectivity index (χ4v) is 6.84. The number of hydrogen-bond acceptors (Lipinski definition) is 8. The molecule has 4 atom stereocenters. The van der Waals surface area contributed by atoms with Gasteiger partial charge in [0.2, 0.25) is 0 Å². The van der Waals surface area contributed by atoms with Crippen molar-refractivity contribution in [2.24, 2.45) is 17.6 Å². The zero-order valence-electron chi connectivity index (χ0n) is 33.7. The number of carbonyl (C=O) groups excluding carboxylic acids is 3. The van der Waals surface area contributed by atoms with Crippen LogP contribution in [-0.4, -0.2) is 58.7 Å². The molecule has 61 heavy (non-hydrogen) atoms. The number of benzene rings is 4. The van der Waals surface area contributed by atoms with Gasteiger partial charge in [0.25, 0.3) is 0 Å². The van der Waals surface area contributed by atoms with Crippen molar-refractivity contribution >= 4 is 77.5 Å². The number of halogens is 10. The second kappa shape index (κ2) is 24.0. The number of ether oxygens (including phenoxy) is 4. The molecule has 0 aromatic heterocycles. The molecule has 6 rings (SSSR count). The Morgan fingerprint density at radius 1 is 0.656 bits per heavy atom. The Bertz CT molecular complexity index is 2160. The Morgan fingerprint density at radius 2 is 1.03 bits per heavy atom. The van der Waals surface area contributed by atoms with Crippen molar-refractivity contribution in [2.75, 3.05) is 34.4 Å². The third-order valence-corrected chi connectivity index (χ3v) is 10.6. The van der Waals surface area contributed by atoms with E-state index in [1.807, 2.05) is 20.8 Å². The van der Waals surface area contributed by atoms with Crippen LogP contribution < -0.4 is 25.3 Å². The SMILES string of the molecule is COc1ccc(F)c(Cl)c1C1CC1CN.COc1ccc(F)c(Cl)c1C1CC1CNC(=O)OC(C)(C)C.COc1ccc(F)c(Cl)c1C=O.Cl.O=Cc1c(F)ccc(F)c1Cl. The molecule has 4 aromatic carbocycles. The Morgan fingerprint density at radius 3 is 1.43 bits per heavy atom. The molecule has 0 radical (unpaired) electrons. The summed E-state index contributed by atoms with van der Waals surface area (Å²) in [5, 5.41) is 2.33. The van der Waals surface area contributed by atoms with Gasteiger partial charge in [0.1, 0.15) is 51.9 Å². The maximum Gasteiger partial charge on any atom is 0.407 e. The van der Waals surface area contributed by atoms with Crippen LogP contribution in [0.25, 0.3) is 0 Å². The van der Waals surface area contributed by atoms with Crippen LogP contribution in [-0.2, 0) is 4.74 Å². The first-order valence-corrected chi connectivity index (χ1v) is 19.6. The summed E-state index contributed by atoms with van der Waals surface area (Å²) in [6.07, 6.45) is 1.99. The number of aldehydes is 2. The van der Waals surface area contributed by atoms with Gasteiger partial charge in [-0.05, 0) is 112 Å². The zero-order chi connectivity index (χ0) is 45.1. The molecule has 0 bridgehead atoms. The fraction of sp³-hybridized carbons (Fsp3) is 0.357. The highest BCUT2D eigenvalue weighted by atomic mass is 35.5. The minimum absolute atomic E-state index is 0. The summed E-state index contributed by atoms with van der Waals surface area (Å²) < 4.78 is 85.1. The van der Waals surface area contributed by atoms with Crippen molar-refractivity contribution in [3.05, 3.63) is 120 Å². The molecule has 4 aromatic rings. The molecule has 0 aliphatic heterocycles. The number of rotatable bonds is 10. The average Bonchev–Trinajstić information content (AvgIpc) is 4.15. The number of alkyl carbamates (subject to hydrolysis) is 1. The summed E-state index contributed by atoms with van der Waals surface area (Å²) in [4.78, 5) is 32.2. The normalized spacial score (nSPS) is 16.9. The lowest BCUT2D eigenvalue weighted by atomic mass is 10.1. The Labute approximate surface area is 376 Å². The third kappa shape index (κ3) is 14.5. The average molecular weight is 961 g/mol. The van der Waals surface area contributed by atoms with E-state index < -0.39 is 51.4 Å². The summed E-state index contributed by atoms with van der Waals surface area (Å²) in [5.41, 5.74) is 6.09. The Hall–Kier alpha value is -4.05. The van der Waals surface area contributed by atoms with Crippen molar-refractivity contribution in [1.82, 2.24) is 5.32 Å². The van der Waals surface area contributed by atoms with Crippen molar-refractivity contribution in [3.8, 4) is 17.2 Å². The van der Waals surface area contributed by atoms with Crippen molar-refractivity contribution < 1.29 is 55.3 Å². The topological polar surface area (TPSA) is 126 Å². The van der Waals surface area contributed by atoms with Gasteiger partial charge < -0.3 is 30.0 Å². The first-order chi connectivity index (χ1) is 28.3. The van der Waals surface area contributed by atoms with Crippen LogP contribution in [0.5, 0.6) is 17.2 Å². The number of nitrogens with one attached hydrogen (secondary N) is 1. The molecule has 0 heterocycles. The molecule has 2 fully saturated rings. The van der Waals surface area contributed by atoms with E-state index in [4.69, 9.17) is 71.1 Å². The van der Waals surface area contributed by atoms with Crippen molar-refractivity contribution in [3.63, 3.8) is 0 Å². The quantitative estimate of drug-likeness (QED) is 0.0914. The molecule has 0 saturated heterocycles. The molecule has 2 saturated carbocycles. The van der Waals surface area contributed by atoms with E-state index in [0.29, 0.717) is 42.4 Å². The Kier molecular flexibility index (Phi) is 20.9. The molecular formula is C42H44Cl5F5N2O7. The van der Waals surface area contributed by atoms with E-state index >= 15 is 0 Å². The summed E-state index contributed by atoms with van der Waals surface area (Å²) in [5.74, 6) is -0.602. The molecule has 3 N–H and O–H groups in total. The summed E-state index contributed by atoms with van der Waals surface area (Å²) >= 11 is 22.7. The molecule has 1 amide bonds. The number of hydrogen-bond donors (Lipinski definition) is 2. The van der Waals surface area contributed by atoms with Crippen molar-refractivity contribution in [1.29, 1.82) is 0 Å². The van der Waals surface area contributed by atoms with Crippen LogP contribution in [0, 0.1) is 40.9 Å². The van der Waals surface area contributed by atoms with Crippen LogP contribution in [0.15, 0.2) is 48.5 Å². The first kappa shape index (κ1) is 53.1. The van der Waals surface area contributed by atoms with Gasteiger partial charge in [0, 0.05) is 17.7 Å². The molecule has 0 spiro atoms. The molecule has 9 nitrogen and oxygen atoms in total. The second-order valence-corrected chi connectivity index (χ2v) is 15.8. The largest absolute Gasteiger partial charge is 0.496 e. The lowest BCUT2D eigenvalue weighted by Gasteiger charge is -2.19. The van der Waals surface area contributed by atoms with Gasteiger partial charge in [-0.25, -0.2) is 26.7 Å². The minimum Gasteiger partial charge on any atom is -0.496 e. The highest BCUT2D eigenvalue weighted by Gasteiger charge is 2.42. The van der Waals surface area contributed by atoms with Crippen LogP contribution in [0.1, 0.15) is 77.3 Å². The van der Waals surface area contributed by atoms with Gasteiger partial charge in [-0.1, -0.05) is 46.4 Å². The third-order valence-electron chi connectivity index (χ3n) is 9.05. The van der Waals surface area contributed by atoms with Crippen LogP contribution in [0.3, 0.4) is 0 Å². The van der Waals surface area contributed by atoms with Gasteiger partial charge in [-0.15, -0.1) is 12.4 Å². The Balaban J connectivity index is 0.000000290. The van der Waals surface area contributed by atoms with E-state index in [9.17, 15) is 36.3 Å². The second-order valence-electron chi connectivity index (χ2n) is 14.2. The predicted molar refractivity (Wildman–Crippen MR) is 228 cm³/mol. The lowest BCUT2D eigenvalue weighted by Crippen LogP contribution is -2.33. The smallest absolute Gasteiger partial charge is 0.407 e. The maximum atomic E-state index is 13.6. The first-order valence-electron chi connectivity index (χ1n) is 18.0. The van der Waals surface area contributed by atoms with Crippen LogP contribution in [0.2, 0.25) is 20.1 Å². The lowest BCUT2D eigenvalue weighted by molar-refractivity contribution is 0.0524. The molecular weight excluding hydrogens is 917 g/mol. The standard InChI is InChI=1S/C16H21ClFNO3.C11H13ClFNO.C8H6ClFO2.C7H3ClF2O.ClH/c1-16(2,3)22-15(20)19-8-9-7-10(9)13-12(21-4)6-5-11(18)14(13)17;1-15-9-3-2-8(13)11(12)10(9)7-4-6(7)5-14;1-12-7-3-2-6(10)8(9)5(7)4-11;8-7-4(3-11)5(9)1-2-6(7)10;/h5-6,9-10H,7-8H2,1-4H3,(H,19,20);2-3,6-7H,4-5,14H2,1H3;2-4H,1H3;1-3H;1H. The molecule has 334 valence electrons. The number of nitrogens with two attached hydrogens (primary N) is 1. The van der Waals surface area contributed by atoms with Crippen LogP contribution >= 0.6 is 58.8 Å². The number of amides is 1. The molecule has 2 aliphatic rings. The van der Waals surface area contributed by atoms with E-state index in [-0.39, 0.29) is 62.8 Å². The van der Waals surface area contributed by atoms with Gasteiger partial charge in [-0.3, -0.25) is 9.59 Å². The van der Waals surface area contributed by atoms with E-state index in [0.717, 1.165) is 36.6 Å². The highest BCUT2D eigenvalue weighted by Crippen LogP contribution is 2.53. The predicted octanol–water partition coefficient (Wildman–Crippen LogP) is 11.8. The van der Waals surface area contributed by atoms with Crippen molar-refractivity contribution in [2.45, 2.75) is 51.0 Å². The van der Waals surface area contributed by atoms with Gasteiger partial charge in [0.05, 0.1) is 52.5 Å². The van der Waals surface area contributed by atoms with Crippen LogP contribution in [0.4, 0.5) is 26.7 Å². The summed E-state index contributed by atoms with van der Waals surface area (Å²) in [6.45, 7) is 6.51. The van der Waals surface area contributed by atoms with E-state index in [1.165, 1.54) is 32.4 Å². The minimum atomic E-state index is -0.814. The monoisotopic (exact) mass is 958 g/mol. The van der Waals surface area contributed by atoms with Gasteiger partial charge >= 0.3 is 6.09 Å². The maximum absolute atomic E-state index is 13.6. The zero-order valence-corrected chi connectivity index (χ0v) is 37.5. The molecule has 19 heteroatoms. The summed E-state index contributed by atoms with van der Waals surface area (Å²) in [7, 11) is 4.48. The molecule has 4 unspecified atom stereocenters. The molecule has 2 aliphatic carbocycles. The van der Waals surface area contributed by atoms with E-state index in [2.05, 4.69) is 5.32 Å². The highest BCUT2D eigenvalue weighted by molar-refractivity contribution is 6.34. The van der Waals surface area contributed by atoms with E-state index in [1.54, 1.807) is 19.2 Å².